The number of aromatic nitrogens is 1. The normalized spacial score (nSPS) is 20.1. The first-order valence-electron chi connectivity index (χ1n) is 10.2. The fourth-order valence-electron chi connectivity index (χ4n) is 3.43. The van der Waals surface area contributed by atoms with E-state index in [9.17, 15) is 18.0 Å². The number of hydrogen-bond donors (Lipinski definition) is 1. The topological polar surface area (TPSA) is 89.0 Å². The number of nitrogens with zero attached hydrogens (tertiary/aromatic N) is 2. The fourth-order valence-corrected chi connectivity index (χ4v) is 3.43. The summed E-state index contributed by atoms with van der Waals surface area (Å²) in [4.78, 5) is 27.0. The summed E-state index contributed by atoms with van der Waals surface area (Å²) in [6.07, 6.45) is 2.12. The van der Waals surface area contributed by atoms with Crippen LogP contribution in [0.25, 0.3) is 0 Å². The molecular weight excluding hydrogens is 417 g/mol. The van der Waals surface area contributed by atoms with Gasteiger partial charge in [-0.1, -0.05) is 13.8 Å². The summed E-state index contributed by atoms with van der Waals surface area (Å²) in [7, 11) is 0. The molecule has 10 heteroatoms. The molecule has 0 radical (unpaired) electrons. The van der Waals surface area contributed by atoms with Gasteiger partial charge in [0.15, 0.2) is 0 Å². The third kappa shape index (κ3) is 8.10. The van der Waals surface area contributed by atoms with E-state index < -0.39 is 12.1 Å². The molecule has 7 nitrogen and oxygen atoms in total. The Labute approximate surface area is 179 Å². The Hall–Kier alpha value is -2.20. The van der Waals surface area contributed by atoms with Crippen molar-refractivity contribution in [1.82, 2.24) is 9.88 Å². The molecule has 1 N–H and O–H groups in total. The maximum atomic E-state index is 12.2. The lowest BCUT2D eigenvalue weighted by Crippen LogP contribution is -2.67. The summed E-state index contributed by atoms with van der Waals surface area (Å²) < 4.78 is 43.8. The number of alkyl halides is 3. The zero-order chi connectivity index (χ0) is 23.1. The highest BCUT2D eigenvalue weighted by atomic mass is 19.4. The van der Waals surface area contributed by atoms with E-state index in [0.29, 0.717) is 18.9 Å². The van der Waals surface area contributed by atoms with Crippen LogP contribution in [0.15, 0.2) is 24.5 Å². The van der Waals surface area contributed by atoms with Crippen molar-refractivity contribution in [2.24, 2.45) is 5.92 Å². The first-order chi connectivity index (χ1) is 14.5. The monoisotopic (exact) mass is 446 g/mol. The highest BCUT2D eigenvalue weighted by molar-refractivity contribution is 5.77. The van der Waals surface area contributed by atoms with E-state index in [0.717, 1.165) is 44.5 Å². The van der Waals surface area contributed by atoms with Gasteiger partial charge in [0.1, 0.15) is 5.60 Å². The van der Waals surface area contributed by atoms with E-state index in [4.69, 9.17) is 19.4 Å². The number of halogens is 3. The summed E-state index contributed by atoms with van der Waals surface area (Å²) in [5, 5.41) is 7.12. The molecule has 2 saturated heterocycles. The number of carboxylic acids is 1. The number of rotatable bonds is 6. The molecule has 31 heavy (non-hydrogen) atoms. The molecule has 2 aliphatic rings. The van der Waals surface area contributed by atoms with Gasteiger partial charge in [-0.2, -0.15) is 13.2 Å². The van der Waals surface area contributed by atoms with Gasteiger partial charge in [0.05, 0.1) is 25.8 Å². The first-order valence-corrected chi connectivity index (χ1v) is 10.2. The first kappa shape index (κ1) is 25.1. The molecule has 1 amide bonds. The van der Waals surface area contributed by atoms with Crippen molar-refractivity contribution >= 4 is 11.9 Å². The number of pyridine rings is 1. The third-order valence-corrected chi connectivity index (χ3v) is 5.17. The summed E-state index contributed by atoms with van der Waals surface area (Å²) in [6, 6.07) is 3.96. The minimum Gasteiger partial charge on any atom is -0.475 e. The molecule has 1 aromatic heterocycles. The average molecular weight is 446 g/mol. The maximum absolute atomic E-state index is 12.2. The average Bonchev–Trinajstić information content (AvgIpc) is 2.69. The maximum Gasteiger partial charge on any atom is 0.490 e. The van der Waals surface area contributed by atoms with Gasteiger partial charge in [-0.3, -0.25) is 9.78 Å². The van der Waals surface area contributed by atoms with Crippen LogP contribution in [0.1, 0.15) is 45.1 Å². The molecule has 3 heterocycles. The number of carboxylic acid groups (broad SMARTS) is 1. The van der Waals surface area contributed by atoms with Crippen molar-refractivity contribution in [2.75, 3.05) is 19.7 Å². The number of carbonyl (C=O) groups excluding carboxylic acids is 1. The van der Waals surface area contributed by atoms with Gasteiger partial charge in [0.2, 0.25) is 5.91 Å². The molecule has 174 valence electrons. The van der Waals surface area contributed by atoms with Crippen LogP contribution in [-0.2, 0) is 25.7 Å². The van der Waals surface area contributed by atoms with Crippen LogP contribution in [0.2, 0.25) is 0 Å². The summed E-state index contributed by atoms with van der Waals surface area (Å²) in [5.74, 6) is -1.92. The van der Waals surface area contributed by atoms with Crippen LogP contribution < -0.4 is 0 Å². The van der Waals surface area contributed by atoms with Crippen LogP contribution >= 0.6 is 0 Å². The Morgan fingerprint density at radius 3 is 2.48 bits per heavy atom. The van der Waals surface area contributed by atoms with Crippen molar-refractivity contribution < 1.29 is 37.3 Å². The molecule has 2 fully saturated rings. The number of hydrogen-bond acceptors (Lipinski definition) is 5. The van der Waals surface area contributed by atoms with Gasteiger partial charge in [0.25, 0.3) is 0 Å². The Morgan fingerprint density at radius 2 is 1.94 bits per heavy atom. The Bertz CT molecular complexity index is 721. The van der Waals surface area contributed by atoms with Crippen LogP contribution in [-0.4, -0.2) is 64.4 Å². The van der Waals surface area contributed by atoms with Gasteiger partial charge in [-0.15, -0.1) is 0 Å². The van der Waals surface area contributed by atoms with Crippen molar-refractivity contribution in [1.29, 1.82) is 0 Å². The van der Waals surface area contributed by atoms with Gasteiger partial charge in [-0.25, -0.2) is 4.79 Å². The molecule has 1 atom stereocenters. The molecule has 0 aliphatic carbocycles. The second-order valence-electron chi connectivity index (χ2n) is 8.30. The summed E-state index contributed by atoms with van der Waals surface area (Å²) in [6.45, 7) is 7.08. The van der Waals surface area contributed by atoms with E-state index in [-0.39, 0.29) is 17.6 Å². The van der Waals surface area contributed by atoms with Gasteiger partial charge in [0, 0.05) is 31.8 Å². The van der Waals surface area contributed by atoms with E-state index >= 15 is 0 Å². The highest BCUT2D eigenvalue weighted by Gasteiger charge is 2.49. The molecular formula is C21H29F3N2O5. The lowest BCUT2D eigenvalue weighted by molar-refractivity contribution is -0.202. The van der Waals surface area contributed by atoms with Crippen molar-refractivity contribution in [2.45, 2.75) is 64.0 Å². The molecule has 0 saturated carbocycles. The van der Waals surface area contributed by atoms with Gasteiger partial charge in [-0.05, 0) is 36.5 Å². The van der Waals surface area contributed by atoms with Gasteiger partial charge >= 0.3 is 12.1 Å². The number of likely N-dealkylation sites (tertiary alicyclic amines) is 1. The molecule has 2 aliphatic heterocycles. The quantitative estimate of drug-likeness (QED) is 0.720. The van der Waals surface area contributed by atoms with E-state index in [1.54, 1.807) is 12.4 Å². The predicted molar refractivity (Wildman–Crippen MR) is 105 cm³/mol. The van der Waals surface area contributed by atoms with E-state index in [1.165, 1.54) is 0 Å². The lowest BCUT2D eigenvalue weighted by Gasteiger charge is -2.53. The smallest absolute Gasteiger partial charge is 0.475 e. The Kier molecular flexibility index (Phi) is 8.81. The summed E-state index contributed by atoms with van der Waals surface area (Å²) >= 11 is 0. The van der Waals surface area contributed by atoms with Crippen molar-refractivity contribution in [3.63, 3.8) is 0 Å². The number of ether oxygens (including phenoxy) is 2. The highest BCUT2D eigenvalue weighted by Crippen LogP contribution is 2.36. The largest absolute Gasteiger partial charge is 0.490 e. The zero-order valence-electron chi connectivity index (χ0n) is 17.7. The number of aliphatic carboxylic acids is 1. The van der Waals surface area contributed by atoms with E-state index in [1.807, 2.05) is 17.0 Å². The van der Waals surface area contributed by atoms with Crippen LogP contribution in [0.5, 0.6) is 0 Å². The molecule has 1 aromatic rings. The third-order valence-electron chi connectivity index (χ3n) is 5.17. The molecule has 0 bridgehead atoms. The minimum absolute atomic E-state index is 0.172. The SMILES string of the molecule is CC(C)CCC(=O)N1CC2(CC(OCc3ccncc3)CCO2)C1.O=C(O)C(F)(F)F. The van der Waals surface area contributed by atoms with Crippen LogP contribution in [0.3, 0.4) is 0 Å². The minimum atomic E-state index is -5.08. The number of carbonyl (C=O) groups is 2. The second-order valence-corrected chi connectivity index (χ2v) is 8.30. The Morgan fingerprint density at radius 1 is 1.32 bits per heavy atom. The Balaban J connectivity index is 0.000000423. The number of amides is 1. The predicted octanol–water partition coefficient (Wildman–Crippen LogP) is 3.43. The van der Waals surface area contributed by atoms with Gasteiger partial charge < -0.3 is 19.5 Å². The lowest BCUT2D eigenvalue weighted by atomic mass is 9.84. The molecule has 3 rings (SSSR count). The summed E-state index contributed by atoms with van der Waals surface area (Å²) in [5.41, 5.74) is 0.971. The van der Waals surface area contributed by atoms with Crippen molar-refractivity contribution in [3.8, 4) is 0 Å². The van der Waals surface area contributed by atoms with Crippen LogP contribution in [0, 0.1) is 5.92 Å². The van der Waals surface area contributed by atoms with Crippen LogP contribution in [0.4, 0.5) is 13.2 Å². The molecule has 1 spiro atoms. The fraction of sp³-hybridized carbons (Fsp3) is 0.667. The molecule has 0 aromatic carbocycles. The molecule has 1 unspecified atom stereocenters. The standard InChI is InChI=1S/C19H28N2O3.C2HF3O2/c1-15(2)3-4-18(22)21-13-19(14-21)11-17(7-10-24-19)23-12-16-5-8-20-9-6-16;3-2(4,5)1(6)7/h5-6,8-9,15,17H,3-4,7,10-14H2,1-2H3;(H,6,7). The van der Waals surface area contributed by atoms with E-state index in [2.05, 4.69) is 18.8 Å². The van der Waals surface area contributed by atoms with Crippen molar-refractivity contribution in [3.05, 3.63) is 30.1 Å². The zero-order valence-corrected chi connectivity index (χ0v) is 17.7. The second kappa shape index (κ2) is 10.9.